The average molecular weight is 408 g/mol. The first kappa shape index (κ1) is 18.8. The Balaban J connectivity index is 1.52. The zero-order chi connectivity index (χ0) is 20.9. The number of alkyl halides is 3. The molecule has 1 unspecified atom stereocenters. The first-order valence-electron chi connectivity index (χ1n) is 9.69. The molecule has 0 radical (unpaired) electrons. The minimum Gasteiger partial charge on any atom is -0.358 e. The molecule has 2 aromatic heterocycles. The number of para-hydroxylation sites is 1. The summed E-state index contributed by atoms with van der Waals surface area (Å²) < 4.78 is 38.3. The minimum absolute atomic E-state index is 0.193. The van der Waals surface area contributed by atoms with Gasteiger partial charge in [0.25, 0.3) is 0 Å². The summed E-state index contributed by atoms with van der Waals surface area (Å²) in [4.78, 5) is 5.79. The summed E-state index contributed by atoms with van der Waals surface area (Å²) in [5, 5.41) is 8.33. The topological polar surface area (TPSA) is 44.8 Å². The predicted octanol–water partition coefficient (Wildman–Crippen LogP) is 5.22. The second kappa shape index (κ2) is 6.95. The Morgan fingerprint density at radius 3 is 2.57 bits per heavy atom. The molecule has 2 aromatic carbocycles. The zero-order valence-electron chi connectivity index (χ0n) is 16.2. The molecule has 4 aromatic rings. The van der Waals surface area contributed by atoms with Crippen LogP contribution in [0, 0.1) is 0 Å². The Hall–Kier alpha value is -3.19. The molecule has 30 heavy (non-hydrogen) atoms. The number of aromatic nitrogens is 3. The van der Waals surface area contributed by atoms with E-state index < -0.39 is 11.9 Å². The number of hydrogen-bond acceptors (Lipinski definition) is 3. The Kier molecular flexibility index (Phi) is 4.36. The normalized spacial score (nSPS) is 17.3. The van der Waals surface area contributed by atoms with Gasteiger partial charge in [-0.3, -0.25) is 0 Å². The zero-order valence-corrected chi connectivity index (χ0v) is 16.2. The van der Waals surface area contributed by atoms with Gasteiger partial charge in [-0.25, -0.2) is 0 Å². The highest BCUT2D eigenvalue weighted by Crippen LogP contribution is 2.36. The molecule has 0 saturated carbocycles. The van der Waals surface area contributed by atoms with E-state index in [-0.39, 0.29) is 5.92 Å². The Morgan fingerprint density at radius 1 is 1.00 bits per heavy atom. The molecule has 0 bridgehead atoms. The number of H-pyrrole nitrogens is 1. The molecule has 1 aliphatic heterocycles. The van der Waals surface area contributed by atoms with E-state index in [0.29, 0.717) is 5.69 Å². The summed E-state index contributed by atoms with van der Waals surface area (Å²) >= 11 is 0. The molecule has 0 amide bonds. The summed E-state index contributed by atoms with van der Waals surface area (Å²) in [6, 6.07) is 18.7. The summed E-state index contributed by atoms with van der Waals surface area (Å²) in [5.74, 6) is 0.193. The molecule has 7 heteroatoms. The summed E-state index contributed by atoms with van der Waals surface area (Å²) in [6.45, 7) is 1.66. The Morgan fingerprint density at radius 2 is 1.83 bits per heavy atom. The van der Waals surface area contributed by atoms with Gasteiger partial charge < -0.3 is 9.88 Å². The standard InChI is InChI=1S/C23H19F3N4/c1-30-12-16-10-15(20-8-9-22(29-28-20)23(24,25)26)6-7-17(16)18(13-30)21-11-14-4-2-3-5-19(14)27-21/h2-11,18,27H,12-13H2,1H3. The van der Waals surface area contributed by atoms with Crippen LogP contribution in [0.15, 0.2) is 60.7 Å². The molecule has 152 valence electrons. The van der Waals surface area contributed by atoms with Crippen molar-refractivity contribution in [2.24, 2.45) is 0 Å². The molecular formula is C23H19F3N4. The summed E-state index contributed by atoms with van der Waals surface area (Å²) in [5.41, 5.74) is 4.85. The van der Waals surface area contributed by atoms with Gasteiger partial charge in [0, 0.05) is 35.8 Å². The summed E-state index contributed by atoms with van der Waals surface area (Å²) in [6.07, 6.45) is -4.49. The highest BCUT2D eigenvalue weighted by molar-refractivity contribution is 5.80. The van der Waals surface area contributed by atoms with E-state index in [1.807, 2.05) is 24.3 Å². The number of nitrogens with zero attached hydrogens (tertiary/aromatic N) is 3. The van der Waals surface area contributed by atoms with Crippen LogP contribution in [0.4, 0.5) is 13.2 Å². The van der Waals surface area contributed by atoms with Crippen molar-refractivity contribution in [2.45, 2.75) is 18.6 Å². The van der Waals surface area contributed by atoms with Crippen LogP contribution >= 0.6 is 0 Å². The van der Waals surface area contributed by atoms with Gasteiger partial charge in [0.15, 0.2) is 5.69 Å². The predicted molar refractivity (Wildman–Crippen MR) is 109 cm³/mol. The van der Waals surface area contributed by atoms with Gasteiger partial charge in [-0.05, 0) is 53.9 Å². The molecule has 0 fully saturated rings. The van der Waals surface area contributed by atoms with E-state index >= 15 is 0 Å². The molecule has 1 atom stereocenters. The van der Waals surface area contributed by atoms with Crippen molar-refractivity contribution in [3.8, 4) is 11.3 Å². The summed E-state index contributed by atoms with van der Waals surface area (Å²) in [7, 11) is 2.07. The molecule has 3 heterocycles. The maximum Gasteiger partial charge on any atom is 0.435 e. The van der Waals surface area contributed by atoms with Crippen LogP contribution in [-0.2, 0) is 12.7 Å². The number of nitrogens with one attached hydrogen (secondary N) is 1. The van der Waals surface area contributed by atoms with Crippen molar-refractivity contribution in [1.82, 2.24) is 20.1 Å². The molecular weight excluding hydrogens is 389 g/mol. The van der Waals surface area contributed by atoms with Gasteiger partial charge in [0.05, 0.1) is 5.69 Å². The van der Waals surface area contributed by atoms with Crippen LogP contribution in [0.3, 0.4) is 0 Å². The van der Waals surface area contributed by atoms with Crippen molar-refractivity contribution < 1.29 is 13.2 Å². The number of likely N-dealkylation sites (N-methyl/N-ethyl adjacent to an activating group) is 1. The van der Waals surface area contributed by atoms with Crippen LogP contribution in [0.5, 0.6) is 0 Å². The number of halogens is 3. The second-order valence-corrected chi connectivity index (χ2v) is 7.78. The smallest absolute Gasteiger partial charge is 0.358 e. The van der Waals surface area contributed by atoms with Crippen LogP contribution < -0.4 is 0 Å². The van der Waals surface area contributed by atoms with Crippen LogP contribution in [0.25, 0.3) is 22.2 Å². The van der Waals surface area contributed by atoms with E-state index in [0.717, 1.165) is 41.5 Å². The first-order valence-corrected chi connectivity index (χ1v) is 9.69. The van der Waals surface area contributed by atoms with E-state index in [1.165, 1.54) is 17.0 Å². The van der Waals surface area contributed by atoms with Crippen molar-refractivity contribution in [1.29, 1.82) is 0 Å². The number of aromatic amines is 1. The van der Waals surface area contributed by atoms with E-state index in [2.05, 4.69) is 51.4 Å². The average Bonchev–Trinajstić information content (AvgIpc) is 3.16. The Bertz CT molecular complexity index is 1180. The third-order valence-corrected chi connectivity index (χ3v) is 5.63. The van der Waals surface area contributed by atoms with Gasteiger partial charge in [-0.15, -0.1) is 10.2 Å². The molecule has 0 aliphatic carbocycles. The van der Waals surface area contributed by atoms with Gasteiger partial charge >= 0.3 is 6.18 Å². The molecule has 0 saturated heterocycles. The fraction of sp³-hybridized carbons (Fsp3) is 0.217. The third kappa shape index (κ3) is 3.35. The molecule has 0 spiro atoms. The lowest BCUT2D eigenvalue weighted by Crippen LogP contribution is -2.31. The lowest BCUT2D eigenvalue weighted by atomic mass is 9.86. The maximum absolute atomic E-state index is 12.8. The largest absolute Gasteiger partial charge is 0.435 e. The van der Waals surface area contributed by atoms with Gasteiger partial charge in [0.2, 0.25) is 0 Å². The Labute approximate surface area is 171 Å². The second-order valence-electron chi connectivity index (χ2n) is 7.78. The molecule has 4 nitrogen and oxygen atoms in total. The van der Waals surface area contributed by atoms with Gasteiger partial charge in [-0.1, -0.05) is 30.3 Å². The number of fused-ring (bicyclic) bond motifs is 2. The van der Waals surface area contributed by atoms with E-state index in [1.54, 1.807) is 0 Å². The lowest BCUT2D eigenvalue weighted by molar-refractivity contribution is -0.141. The van der Waals surface area contributed by atoms with Crippen molar-refractivity contribution in [3.05, 3.63) is 83.2 Å². The fourth-order valence-electron chi connectivity index (χ4n) is 4.19. The number of hydrogen-bond donors (Lipinski definition) is 1. The molecule has 1 N–H and O–H groups in total. The molecule has 5 rings (SSSR count). The fourth-order valence-corrected chi connectivity index (χ4v) is 4.19. The van der Waals surface area contributed by atoms with Crippen molar-refractivity contribution >= 4 is 10.9 Å². The maximum atomic E-state index is 12.8. The highest BCUT2D eigenvalue weighted by Gasteiger charge is 2.33. The van der Waals surface area contributed by atoms with Crippen molar-refractivity contribution in [3.63, 3.8) is 0 Å². The third-order valence-electron chi connectivity index (χ3n) is 5.63. The van der Waals surface area contributed by atoms with E-state index in [9.17, 15) is 13.2 Å². The number of rotatable bonds is 2. The van der Waals surface area contributed by atoms with Crippen molar-refractivity contribution in [2.75, 3.05) is 13.6 Å². The van der Waals surface area contributed by atoms with Gasteiger partial charge in [-0.2, -0.15) is 13.2 Å². The quantitative estimate of drug-likeness (QED) is 0.495. The minimum atomic E-state index is -4.49. The van der Waals surface area contributed by atoms with Crippen LogP contribution in [-0.4, -0.2) is 33.7 Å². The first-order chi connectivity index (χ1) is 14.4. The van der Waals surface area contributed by atoms with Gasteiger partial charge in [0.1, 0.15) is 0 Å². The lowest BCUT2D eigenvalue weighted by Gasteiger charge is -2.32. The SMILES string of the molecule is CN1Cc2cc(-c3ccc(C(F)(F)F)nn3)ccc2C(c2cc3ccccc3[nH]2)C1. The number of benzene rings is 2. The highest BCUT2D eigenvalue weighted by atomic mass is 19.4. The molecule has 1 aliphatic rings. The van der Waals surface area contributed by atoms with Crippen LogP contribution in [0.2, 0.25) is 0 Å². The van der Waals surface area contributed by atoms with E-state index in [4.69, 9.17) is 0 Å². The van der Waals surface area contributed by atoms with Crippen LogP contribution in [0.1, 0.15) is 28.4 Å². The monoisotopic (exact) mass is 408 g/mol.